The Morgan fingerprint density at radius 1 is 1.47 bits per heavy atom. The Morgan fingerprint density at radius 2 is 2.11 bits per heavy atom. The van der Waals surface area contributed by atoms with Gasteiger partial charge in [0.05, 0.1) is 16.2 Å². The maximum atomic E-state index is 11.6. The lowest BCUT2D eigenvalue weighted by atomic mass is 10.1. The fourth-order valence-corrected chi connectivity index (χ4v) is 1.45. The molecule has 102 valence electrons. The summed E-state index contributed by atoms with van der Waals surface area (Å²) >= 11 is 0. The van der Waals surface area contributed by atoms with E-state index in [0.717, 1.165) is 0 Å². The van der Waals surface area contributed by atoms with Gasteiger partial charge in [0, 0.05) is 6.07 Å². The number of nitro groups is 1. The van der Waals surface area contributed by atoms with Gasteiger partial charge in [0.1, 0.15) is 5.60 Å². The molecule has 0 heterocycles. The predicted molar refractivity (Wildman–Crippen MR) is 73.0 cm³/mol. The molecule has 1 rings (SSSR count). The largest absolute Gasteiger partial charge is 0.444 e. The van der Waals surface area contributed by atoms with Crippen molar-refractivity contribution in [2.75, 3.05) is 5.32 Å². The van der Waals surface area contributed by atoms with Gasteiger partial charge in [0.15, 0.2) is 0 Å². The number of carbonyl (C=O) groups is 1. The number of anilines is 1. The van der Waals surface area contributed by atoms with Crippen molar-refractivity contribution in [1.82, 2.24) is 0 Å². The summed E-state index contributed by atoms with van der Waals surface area (Å²) in [4.78, 5) is 22.0. The standard InChI is InChI=1S/C13H16N2O4/c1-5-9-10(7-6-8-11(9)15(17)18)14-12(16)19-13(2,3)4/h5-8H,1H2,2-4H3,(H,14,16). The molecule has 6 nitrogen and oxygen atoms in total. The Kier molecular flexibility index (Phi) is 4.26. The summed E-state index contributed by atoms with van der Waals surface area (Å²) in [6.45, 7) is 8.71. The van der Waals surface area contributed by atoms with Crippen molar-refractivity contribution in [1.29, 1.82) is 0 Å². The Labute approximate surface area is 111 Å². The van der Waals surface area contributed by atoms with Gasteiger partial charge in [-0.1, -0.05) is 18.7 Å². The molecule has 0 bridgehead atoms. The van der Waals surface area contributed by atoms with Crippen LogP contribution in [0.4, 0.5) is 16.2 Å². The molecule has 1 amide bonds. The lowest BCUT2D eigenvalue weighted by Gasteiger charge is -2.20. The van der Waals surface area contributed by atoms with Crippen molar-refractivity contribution in [3.63, 3.8) is 0 Å². The van der Waals surface area contributed by atoms with Crippen LogP contribution in [0.25, 0.3) is 6.08 Å². The van der Waals surface area contributed by atoms with E-state index in [-0.39, 0.29) is 11.3 Å². The number of benzene rings is 1. The van der Waals surface area contributed by atoms with Crippen LogP contribution in [0.2, 0.25) is 0 Å². The summed E-state index contributed by atoms with van der Waals surface area (Å²) in [6.07, 6.45) is 0.654. The SMILES string of the molecule is C=Cc1c(NC(=O)OC(C)(C)C)cccc1[N+](=O)[O-]. The first kappa shape index (κ1) is 14.7. The number of hydrogen-bond acceptors (Lipinski definition) is 4. The lowest BCUT2D eigenvalue weighted by Crippen LogP contribution is -2.27. The number of nitrogens with zero attached hydrogens (tertiary/aromatic N) is 1. The average molecular weight is 264 g/mol. The van der Waals surface area contributed by atoms with E-state index >= 15 is 0 Å². The molecule has 6 heteroatoms. The van der Waals surface area contributed by atoms with Crippen molar-refractivity contribution in [2.45, 2.75) is 26.4 Å². The van der Waals surface area contributed by atoms with Crippen LogP contribution in [0.5, 0.6) is 0 Å². The molecular weight excluding hydrogens is 248 g/mol. The number of nitrogens with one attached hydrogen (secondary N) is 1. The molecule has 0 atom stereocenters. The van der Waals surface area contributed by atoms with Crippen molar-refractivity contribution in [3.8, 4) is 0 Å². The average Bonchev–Trinajstić information content (AvgIpc) is 2.25. The van der Waals surface area contributed by atoms with Gasteiger partial charge in [-0.15, -0.1) is 0 Å². The summed E-state index contributed by atoms with van der Waals surface area (Å²) in [5.74, 6) is 0. The first-order chi connectivity index (χ1) is 8.74. The normalized spacial score (nSPS) is 10.7. The minimum Gasteiger partial charge on any atom is -0.444 e. The molecule has 1 N–H and O–H groups in total. The van der Waals surface area contributed by atoms with E-state index in [1.165, 1.54) is 18.2 Å². The second-order valence-corrected chi connectivity index (χ2v) is 4.83. The topological polar surface area (TPSA) is 81.5 Å². The summed E-state index contributed by atoms with van der Waals surface area (Å²) in [5, 5.41) is 13.3. The summed E-state index contributed by atoms with van der Waals surface area (Å²) in [7, 11) is 0. The fraction of sp³-hybridized carbons (Fsp3) is 0.308. The molecule has 19 heavy (non-hydrogen) atoms. The highest BCUT2D eigenvalue weighted by Crippen LogP contribution is 2.27. The molecule has 0 aromatic heterocycles. The van der Waals surface area contributed by atoms with Crippen LogP contribution < -0.4 is 5.32 Å². The minimum atomic E-state index is -0.670. The first-order valence-corrected chi connectivity index (χ1v) is 5.64. The number of carbonyl (C=O) groups excluding carboxylic acids is 1. The Bertz CT molecular complexity index is 518. The maximum Gasteiger partial charge on any atom is 0.412 e. The summed E-state index contributed by atoms with van der Waals surface area (Å²) in [5.41, 5.74) is -0.223. The van der Waals surface area contributed by atoms with E-state index in [1.807, 2.05) is 0 Å². The van der Waals surface area contributed by atoms with Crippen molar-refractivity contribution < 1.29 is 14.5 Å². The molecule has 0 aliphatic heterocycles. The van der Waals surface area contributed by atoms with E-state index < -0.39 is 16.6 Å². The Hall–Kier alpha value is -2.37. The van der Waals surface area contributed by atoms with Gasteiger partial charge >= 0.3 is 6.09 Å². The zero-order valence-corrected chi connectivity index (χ0v) is 11.1. The second kappa shape index (κ2) is 5.51. The Morgan fingerprint density at radius 3 is 2.58 bits per heavy atom. The number of rotatable bonds is 3. The third kappa shape index (κ3) is 4.09. The van der Waals surface area contributed by atoms with Gasteiger partial charge in [0.2, 0.25) is 0 Å². The van der Waals surface area contributed by atoms with Crippen LogP contribution in [-0.4, -0.2) is 16.6 Å². The smallest absolute Gasteiger partial charge is 0.412 e. The van der Waals surface area contributed by atoms with Crippen LogP contribution >= 0.6 is 0 Å². The van der Waals surface area contributed by atoms with E-state index in [1.54, 1.807) is 26.8 Å². The second-order valence-electron chi connectivity index (χ2n) is 4.83. The number of nitro benzene ring substituents is 1. The van der Waals surface area contributed by atoms with Gasteiger partial charge in [-0.05, 0) is 26.8 Å². The third-order valence-electron chi connectivity index (χ3n) is 2.12. The molecule has 0 aliphatic rings. The minimum absolute atomic E-state index is 0.122. The molecule has 0 saturated carbocycles. The van der Waals surface area contributed by atoms with Gasteiger partial charge in [-0.2, -0.15) is 0 Å². The van der Waals surface area contributed by atoms with Gasteiger partial charge in [-0.3, -0.25) is 15.4 Å². The zero-order valence-electron chi connectivity index (χ0n) is 11.1. The molecule has 0 aliphatic carbocycles. The molecule has 1 aromatic rings. The highest BCUT2D eigenvalue weighted by Gasteiger charge is 2.19. The van der Waals surface area contributed by atoms with E-state index in [2.05, 4.69) is 11.9 Å². The zero-order chi connectivity index (χ0) is 14.6. The van der Waals surface area contributed by atoms with Crippen molar-refractivity contribution in [2.24, 2.45) is 0 Å². The highest BCUT2D eigenvalue weighted by atomic mass is 16.6. The van der Waals surface area contributed by atoms with Gasteiger partial charge in [0.25, 0.3) is 5.69 Å². The van der Waals surface area contributed by atoms with E-state index in [4.69, 9.17) is 4.74 Å². The molecular formula is C13H16N2O4. The number of hydrogen-bond donors (Lipinski definition) is 1. The number of ether oxygens (including phenoxy) is 1. The Balaban J connectivity index is 3.02. The van der Waals surface area contributed by atoms with Gasteiger partial charge in [-0.25, -0.2) is 4.79 Å². The number of amides is 1. The van der Waals surface area contributed by atoms with E-state index in [0.29, 0.717) is 5.69 Å². The quantitative estimate of drug-likeness (QED) is 0.668. The fourth-order valence-electron chi connectivity index (χ4n) is 1.45. The predicted octanol–water partition coefficient (Wildman–Crippen LogP) is 3.58. The molecule has 0 saturated heterocycles. The maximum absolute atomic E-state index is 11.6. The van der Waals surface area contributed by atoms with Crippen LogP contribution in [0.3, 0.4) is 0 Å². The molecule has 0 radical (unpaired) electrons. The van der Waals surface area contributed by atoms with Crippen molar-refractivity contribution >= 4 is 23.5 Å². The molecule has 0 fully saturated rings. The lowest BCUT2D eigenvalue weighted by molar-refractivity contribution is -0.385. The first-order valence-electron chi connectivity index (χ1n) is 5.64. The molecule has 1 aromatic carbocycles. The van der Waals surface area contributed by atoms with Crippen molar-refractivity contribution in [3.05, 3.63) is 40.5 Å². The summed E-state index contributed by atoms with van der Waals surface area (Å²) < 4.78 is 5.09. The van der Waals surface area contributed by atoms with E-state index in [9.17, 15) is 14.9 Å². The van der Waals surface area contributed by atoms with Crippen LogP contribution in [0.1, 0.15) is 26.3 Å². The monoisotopic (exact) mass is 264 g/mol. The molecule has 0 unspecified atom stereocenters. The van der Waals surface area contributed by atoms with Crippen LogP contribution in [0, 0.1) is 10.1 Å². The van der Waals surface area contributed by atoms with Crippen LogP contribution in [-0.2, 0) is 4.74 Å². The molecule has 0 spiro atoms. The van der Waals surface area contributed by atoms with Gasteiger partial charge < -0.3 is 4.74 Å². The van der Waals surface area contributed by atoms with Crippen LogP contribution in [0.15, 0.2) is 24.8 Å². The summed E-state index contributed by atoms with van der Waals surface area (Å²) in [6, 6.07) is 4.38. The highest BCUT2D eigenvalue weighted by molar-refractivity contribution is 5.89. The third-order valence-corrected chi connectivity index (χ3v) is 2.12.